The average Bonchev–Trinajstić information content (AvgIpc) is 2.40. The van der Waals surface area contributed by atoms with Crippen LogP contribution in [0.1, 0.15) is 5.56 Å². The van der Waals surface area contributed by atoms with Gasteiger partial charge in [0.2, 0.25) is 0 Å². The highest BCUT2D eigenvalue weighted by Gasteiger charge is 2.05. The number of nitrogens with zero attached hydrogens (tertiary/aromatic N) is 2. The van der Waals surface area contributed by atoms with Crippen LogP contribution in [0.4, 0.5) is 0 Å². The van der Waals surface area contributed by atoms with E-state index >= 15 is 0 Å². The van der Waals surface area contributed by atoms with Gasteiger partial charge in [0.25, 0.3) is 0 Å². The molecule has 17 heavy (non-hydrogen) atoms. The molecular weight excluding hydrogens is 240 g/mol. The van der Waals surface area contributed by atoms with Gasteiger partial charge in [-0.3, -0.25) is 0 Å². The number of aromatic nitrogens is 2. The van der Waals surface area contributed by atoms with E-state index in [1.165, 1.54) is 0 Å². The summed E-state index contributed by atoms with van der Waals surface area (Å²) in [6, 6.07) is 7.58. The van der Waals surface area contributed by atoms with Crippen molar-refractivity contribution in [3.63, 3.8) is 0 Å². The standard InChI is InChI=1S/C12H11ClN2O2/c1-16-10-4-2-3-5-11(10)17-12-14-7-9(6-13)8-15-12/h2-5,7-8H,6H2,1H3. The van der Waals surface area contributed by atoms with Gasteiger partial charge in [0.05, 0.1) is 13.0 Å². The largest absolute Gasteiger partial charge is 0.493 e. The van der Waals surface area contributed by atoms with Gasteiger partial charge in [0, 0.05) is 18.0 Å². The Kier molecular flexibility index (Phi) is 3.77. The summed E-state index contributed by atoms with van der Waals surface area (Å²) in [5.74, 6) is 1.60. The van der Waals surface area contributed by atoms with Gasteiger partial charge in [-0.25, -0.2) is 9.97 Å². The van der Waals surface area contributed by atoms with Gasteiger partial charge in [-0.15, -0.1) is 11.6 Å². The molecule has 0 radical (unpaired) electrons. The molecule has 0 aliphatic heterocycles. The molecule has 0 saturated carbocycles. The van der Waals surface area contributed by atoms with E-state index in [0.717, 1.165) is 5.56 Å². The van der Waals surface area contributed by atoms with Crippen molar-refractivity contribution in [2.45, 2.75) is 5.88 Å². The highest BCUT2D eigenvalue weighted by Crippen LogP contribution is 2.28. The third-order valence-corrected chi connectivity index (χ3v) is 2.41. The minimum atomic E-state index is 0.267. The first-order valence-electron chi connectivity index (χ1n) is 5.01. The zero-order valence-corrected chi connectivity index (χ0v) is 10.0. The van der Waals surface area contributed by atoms with E-state index in [4.69, 9.17) is 21.1 Å². The van der Waals surface area contributed by atoms with Crippen LogP contribution in [-0.4, -0.2) is 17.1 Å². The molecular formula is C12H11ClN2O2. The number of ether oxygens (including phenoxy) is 2. The minimum absolute atomic E-state index is 0.267. The fraction of sp³-hybridized carbons (Fsp3) is 0.167. The fourth-order valence-corrected chi connectivity index (χ4v) is 1.40. The molecule has 88 valence electrons. The van der Waals surface area contributed by atoms with E-state index in [-0.39, 0.29) is 6.01 Å². The summed E-state index contributed by atoms with van der Waals surface area (Å²) in [5.41, 5.74) is 0.846. The van der Waals surface area contributed by atoms with Gasteiger partial charge in [-0.1, -0.05) is 12.1 Å². The predicted octanol–water partition coefficient (Wildman–Crippen LogP) is 3.02. The highest BCUT2D eigenvalue weighted by molar-refractivity contribution is 6.17. The summed E-state index contributed by atoms with van der Waals surface area (Å²) in [6.45, 7) is 0. The zero-order valence-electron chi connectivity index (χ0n) is 9.26. The third-order valence-electron chi connectivity index (χ3n) is 2.11. The van der Waals surface area contributed by atoms with E-state index in [1.807, 2.05) is 18.2 Å². The van der Waals surface area contributed by atoms with Gasteiger partial charge in [0.1, 0.15) is 0 Å². The molecule has 0 saturated heterocycles. The van der Waals surface area contributed by atoms with E-state index in [1.54, 1.807) is 25.6 Å². The second kappa shape index (κ2) is 5.50. The molecule has 0 atom stereocenters. The Labute approximate surface area is 104 Å². The SMILES string of the molecule is COc1ccccc1Oc1ncc(CCl)cn1. The predicted molar refractivity (Wildman–Crippen MR) is 64.7 cm³/mol. The van der Waals surface area contributed by atoms with Gasteiger partial charge in [-0.2, -0.15) is 0 Å². The third kappa shape index (κ3) is 2.85. The van der Waals surface area contributed by atoms with Crippen LogP contribution in [0, 0.1) is 0 Å². The summed E-state index contributed by atoms with van der Waals surface area (Å²) in [5, 5.41) is 0. The molecule has 2 aromatic rings. The van der Waals surface area contributed by atoms with E-state index < -0.39 is 0 Å². The Balaban J connectivity index is 2.19. The van der Waals surface area contributed by atoms with Gasteiger partial charge < -0.3 is 9.47 Å². The summed E-state index contributed by atoms with van der Waals surface area (Å²) >= 11 is 5.65. The van der Waals surface area contributed by atoms with Gasteiger partial charge >= 0.3 is 6.01 Å². The molecule has 0 aliphatic rings. The van der Waals surface area contributed by atoms with E-state index in [2.05, 4.69) is 9.97 Å². The smallest absolute Gasteiger partial charge is 0.322 e. The zero-order chi connectivity index (χ0) is 12.1. The number of halogens is 1. The maximum absolute atomic E-state index is 5.65. The second-order valence-electron chi connectivity index (χ2n) is 3.26. The lowest BCUT2D eigenvalue weighted by atomic mass is 10.3. The first kappa shape index (κ1) is 11.7. The first-order chi connectivity index (χ1) is 8.33. The van der Waals surface area contributed by atoms with Crippen molar-refractivity contribution in [1.29, 1.82) is 0 Å². The quantitative estimate of drug-likeness (QED) is 0.783. The normalized spacial score (nSPS) is 10.0. The molecule has 4 nitrogen and oxygen atoms in total. The number of benzene rings is 1. The van der Waals surface area contributed by atoms with Gasteiger partial charge in [0.15, 0.2) is 11.5 Å². The molecule has 1 aromatic carbocycles. The molecule has 0 spiro atoms. The van der Waals surface area contributed by atoms with Crippen LogP contribution in [0.2, 0.25) is 0 Å². The molecule has 1 aromatic heterocycles. The molecule has 0 amide bonds. The Hall–Kier alpha value is -1.81. The number of methoxy groups -OCH3 is 1. The maximum atomic E-state index is 5.65. The highest BCUT2D eigenvalue weighted by atomic mass is 35.5. The Morgan fingerprint density at radius 2 is 1.76 bits per heavy atom. The van der Waals surface area contributed by atoms with Gasteiger partial charge in [-0.05, 0) is 12.1 Å². The van der Waals surface area contributed by atoms with Crippen LogP contribution >= 0.6 is 11.6 Å². The number of hydrogen-bond acceptors (Lipinski definition) is 4. The van der Waals surface area contributed by atoms with Crippen molar-refractivity contribution in [2.24, 2.45) is 0 Å². The summed E-state index contributed by atoms with van der Waals surface area (Å²) in [7, 11) is 1.58. The van der Waals surface area contributed by atoms with Crippen molar-refractivity contribution < 1.29 is 9.47 Å². The number of para-hydroxylation sites is 2. The first-order valence-corrected chi connectivity index (χ1v) is 5.54. The molecule has 5 heteroatoms. The summed E-state index contributed by atoms with van der Waals surface area (Å²) < 4.78 is 10.7. The van der Waals surface area contributed by atoms with Crippen LogP contribution in [-0.2, 0) is 5.88 Å². The second-order valence-corrected chi connectivity index (χ2v) is 3.53. The van der Waals surface area contributed by atoms with E-state index in [0.29, 0.717) is 17.4 Å². The molecule has 0 aliphatic carbocycles. The van der Waals surface area contributed by atoms with E-state index in [9.17, 15) is 0 Å². The van der Waals surface area contributed by atoms with Crippen molar-refractivity contribution in [1.82, 2.24) is 9.97 Å². The number of hydrogen-bond donors (Lipinski definition) is 0. The summed E-state index contributed by atoms with van der Waals surface area (Å²) in [4.78, 5) is 8.09. The van der Waals surface area contributed by atoms with Crippen molar-refractivity contribution in [3.8, 4) is 17.5 Å². The van der Waals surface area contributed by atoms with Crippen LogP contribution < -0.4 is 9.47 Å². The fourth-order valence-electron chi connectivity index (χ4n) is 1.27. The molecule has 0 unspecified atom stereocenters. The number of alkyl halides is 1. The Morgan fingerprint density at radius 1 is 1.12 bits per heavy atom. The number of rotatable bonds is 4. The maximum Gasteiger partial charge on any atom is 0.322 e. The molecule has 0 bridgehead atoms. The van der Waals surface area contributed by atoms with Crippen molar-refractivity contribution in [2.75, 3.05) is 7.11 Å². The summed E-state index contributed by atoms with van der Waals surface area (Å²) in [6.07, 6.45) is 3.26. The van der Waals surface area contributed by atoms with Crippen LogP contribution in [0.25, 0.3) is 0 Å². The molecule has 1 heterocycles. The van der Waals surface area contributed by atoms with Crippen LogP contribution in [0.15, 0.2) is 36.7 Å². The lowest BCUT2D eigenvalue weighted by molar-refractivity contribution is 0.368. The minimum Gasteiger partial charge on any atom is -0.493 e. The van der Waals surface area contributed by atoms with Crippen LogP contribution in [0.3, 0.4) is 0 Å². The lowest BCUT2D eigenvalue weighted by Crippen LogP contribution is -1.94. The molecule has 2 rings (SSSR count). The van der Waals surface area contributed by atoms with Crippen molar-refractivity contribution in [3.05, 3.63) is 42.2 Å². The molecule has 0 N–H and O–H groups in total. The topological polar surface area (TPSA) is 44.2 Å². The molecule has 0 fully saturated rings. The monoisotopic (exact) mass is 250 g/mol. The average molecular weight is 251 g/mol. The lowest BCUT2D eigenvalue weighted by Gasteiger charge is -2.08. The Morgan fingerprint density at radius 3 is 2.35 bits per heavy atom. The van der Waals surface area contributed by atoms with Crippen molar-refractivity contribution >= 4 is 11.6 Å². The van der Waals surface area contributed by atoms with Crippen LogP contribution in [0.5, 0.6) is 17.5 Å². The Bertz CT molecular complexity index is 488.